The Balaban J connectivity index is 2.32. The SMILES string of the molecule is CC(C(=O)O)S(=O)(=O)NCCC1CCCCO1. The minimum atomic E-state index is -3.77. The van der Waals surface area contributed by atoms with Crippen molar-refractivity contribution in [1.82, 2.24) is 4.72 Å². The average molecular weight is 265 g/mol. The van der Waals surface area contributed by atoms with Gasteiger partial charge in [0.05, 0.1) is 6.10 Å². The topological polar surface area (TPSA) is 92.7 Å². The molecule has 0 aromatic heterocycles. The Hall–Kier alpha value is -0.660. The van der Waals surface area contributed by atoms with Crippen LogP contribution in [0.1, 0.15) is 32.6 Å². The maximum absolute atomic E-state index is 11.5. The third kappa shape index (κ3) is 4.61. The number of carbonyl (C=O) groups is 1. The molecule has 0 aliphatic carbocycles. The summed E-state index contributed by atoms with van der Waals surface area (Å²) in [6.45, 7) is 2.11. The Kier molecular flexibility index (Phi) is 5.35. The Morgan fingerprint density at radius 3 is 2.76 bits per heavy atom. The lowest BCUT2D eigenvalue weighted by molar-refractivity contribution is -0.136. The normalized spacial score (nSPS) is 23.2. The molecule has 1 rings (SSSR count). The van der Waals surface area contributed by atoms with Gasteiger partial charge >= 0.3 is 5.97 Å². The van der Waals surface area contributed by atoms with Gasteiger partial charge in [0.25, 0.3) is 0 Å². The largest absolute Gasteiger partial charge is 0.480 e. The van der Waals surface area contributed by atoms with E-state index in [0.29, 0.717) is 6.42 Å². The van der Waals surface area contributed by atoms with Gasteiger partial charge in [-0.25, -0.2) is 13.1 Å². The molecule has 7 heteroatoms. The minimum Gasteiger partial charge on any atom is -0.480 e. The van der Waals surface area contributed by atoms with Crippen molar-refractivity contribution in [3.05, 3.63) is 0 Å². The van der Waals surface area contributed by atoms with Crippen LogP contribution < -0.4 is 4.72 Å². The smallest absolute Gasteiger partial charge is 0.323 e. The summed E-state index contributed by atoms with van der Waals surface area (Å²) in [5.74, 6) is -1.34. The molecule has 0 saturated carbocycles. The van der Waals surface area contributed by atoms with Crippen molar-refractivity contribution in [2.75, 3.05) is 13.2 Å². The monoisotopic (exact) mass is 265 g/mol. The summed E-state index contributed by atoms with van der Waals surface area (Å²) in [5, 5.41) is 7.20. The predicted molar refractivity (Wildman–Crippen MR) is 62.2 cm³/mol. The number of ether oxygens (including phenoxy) is 1. The summed E-state index contributed by atoms with van der Waals surface area (Å²) in [4.78, 5) is 10.6. The van der Waals surface area contributed by atoms with Gasteiger partial charge in [-0.05, 0) is 32.6 Å². The van der Waals surface area contributed by atoms with Crippen LogP contribution in [0.25, 0.3) is 0 Å². The van der Waals surface area contributed by atoms with Crippen LogP contribution in [0.2, 0.25) is 0 Å². The molecule has 0 aromatic carbocycles. The van der Waals surface area contributed by atoms with Crippen molar-refractivity contribution in [3.8, 4) is 0 Å². The number of nitrogens with one attached hydrogen (secondary N) is 1. The number of carboxylic acid groups (broad SMARTS) is 1. The summed E-state index contributed by atoms with van der Waals surface area (Å²) in [6, 6.07) is 0. The van der Waals surface area contributed by atoms with Crippen LogP contribution in [0.15, 0.2) is 0 Å². The molecule has 2 unspecified atom stereocenters. The molecule has 0 radical (unpaired) electrons. The molecule has 0 bridgehead atoms. The van der Waals surface area contributed by atoms with Crippen LogP contribution in [0.5, 0.6) is 0 Å². The van der Waals surface area contributed by atoms with Gasteiger partial charge in [0.2, 0.25) is 10.0 Å². The van der Waals surface area contributed by atoms with Gasteiger partial charge < -0.3 is 9.84 Å². The van der Waals surface area contributed by atoms with E-state index in [9.17, 15) is 13.2 Å². The molecule has 2 atom stereocenters. The van der Waals surface area contributed by atoms with Gasteiger partial charge in [0.15, 0.2) is 5.25 Å². The summed E-state index contributed by atoms with van der Waals surface area (Å²) >= 11 is 0. The summed E-state index contributed by atoms with van der Waals surface area (Å²) in [7, 11) is -3.77. The summed E-state index contributed by atoms with van der Waals surface area (Å²) in [6.07, 6.45) is 3.77. The molecule has 1 heterocycles. The first-order chi connectivity index (χ1) is 7.93. The van der Waals surface area contributed by atoms with E-state index in [1.54, 1.807) is 0 Å². The number of sulfonamides is 1. The zero-order valence-electron chi connectivity index (χ0n) is 9.89. The van der Waals surface area contributed by atoms with Crippen molar-refractivity contribution >= 4 is 16.0 Å². The fraction of sp³-hybridized carbons (Fsp3) is 0.900. The standard InChI is InChI=1S/C10H19NO5S/c1-8(10(12)13)17(14,15)11-6-5-9-4-2-3-7-16-9/h8-9,11H,2-7H2,1H3,(H,12,13). The van der Waals surface area contributed by atoms with E-state index in [1.165, 1.54) is 0 Å². The molecule has 1 aliphatic rings. The van der Waals surface area contributed by atoms with Crippen molar-refractivity contribution in [2.24, 2.45) is 0 Å². The minimum absolute atomic E-state index is 0.0894. The quantitative estimate of drug-likeness (QED) is 0.722. The lowest BCUT2D eigenvalue weighted by Gasteiger charge is -2.22. The highest BCUT2D eigenvalue weighted by molar-refractivity contribution is 7.90. The third-order valence-electron chi connectivity index (χ3n) is 2.86. The molecule has 2 N–H and O–H groups in total. The second kappa shape index (κ2) is 6.32. The zero-order chi connectivity index (χ0) is 12.9. The van der Waals surface area contributed by atoms with E-state index in [2.05, 4.69) is 4.72 Å². The van der Waals surface area contributed by atoms with Crippen molar-refractivity contribution < 1.29 is 23.1 Å². The lowest BCUT2D eigenvalue weighted by atomic mass is 10.1. The molecule has 0 spiro atoms. The van der Waals surface area contributed by atoms with E-state index in [0.717, 1.165) is 32.8 Å². The average Bonchev–Trinajstić information content (AvgIpc) is 2.29. The van der Waals surface area contributed by atoms with Crippen LogP contribution in [-0.2, 0) is 19.6 Å². The molecular formula is C10H19NO5S. The first-order valence-corrected chi connectivity index (χ1v) is 7.31. The second-order valence-corrected chi connectivity index (χ2v) is 6.28. The fourth-order valence-corrected chi connectivity index (χ4v) is 2.57. The summed E-state index contributed by atoms with van der Waals surface area (Å²) < 4.78 is 30.7. The Bertz CT molecular complexity index is 348. The van der Waals surface area contributed by atoms with Crippen LogP contribution in [0.3, 0.4) is 0 Å². The van der Waals surface area contributed by atoms with Crippen molar-refractivity contribution in [1.29, 1.82) is 0 Å². The van der Waals surface area contributed by atoms with E-state index in [4.69, 9.17) is 9.84 Å². The molecule has 1 saturated heterocycles. The Morgan fingerprint density at radius 2 is 2.24 bits per heavy atom. The number of hydrogen-bond donors (Lipinski definition) is 2. The van der Waals surface area contributed by atoms with Gasteiger partial charge in [-0.3, -0.25) is 4.79 Å². The lowest BCUT2D eigenvalue weighted by Crippen LogP contribution is -2.39. The molecule has 17 heavy (non-hydrogen) atoms. The number of rotatable bonds is 6. The highest BCUT2D eigenvalue weighted by Crippen LogP contribution is 2.15. The third-order valence-corrected chi connectivity index (χ3v) is 4.60. The first kappa shape index (κ1) is 14.4. The molecule has 1 fully saturated rings. The molecule has 1 aliphatic heterocycles. The van der Waals surface area contributed by atoms with Crippen LogP contribution in [0, 0.1) is 0 Å². The Labute approximate surface area is 101 Å². The van der Waals surface area contributed by atoms with Gasteiger partial charge in [0, 0.05) is 13.2 Å². The summed E-state index contributed by atoms with van der Waals surface area (Å²) in [5.41, 5.74) is 0. The maximum Gasteiger partial charge on any atom is 0.323 e. The van der Waals surface area contributed by atoms with E-state index in [-0.39, 0.29) is 12.6 Å². The van der Waals surface area contributed by atoms with E-state index in [1.807, 2.05) is 0 Å². The maximum atomic E-state index is 11.5. The molecule has 6 nitrogen and oxygen atoms in total. The molecular weight excluding hydrogens is 246 g/mol. The van der Waals surface area contributed by atoms with Crippen LogP contribution in [-0.4, -0.2) is 44.0 Å². The highest BCUT2D eigenvalue weighted by Gasteiger charge is 2.27. The van der Waals surface area contributed by atoms with E-state index >= 15 is 0 Å². The van der Waals surface area contributed by atoms with Gasteiger partial charge in [-0.1, -0.05) is 0 Å². The predicted octanol–water partition coefficient (Wildman–Crippen LogP) is 0.338. The second-order valence-electron chi connectivity index (χ2n) is 4.20. The van der Waals surface area contributed by atoms with Crippen molar-refractivity contribution in [2.45, 2.75) is 44.0 Å². The number of hydrogen-bond acceptors (Lipinski definition) is 4. The first-order valence-electron chi connectivity index (χ1n) is 5.76. The number of aliphatic carboxylic acids is 1. The van der Waals surface area contributed by atoms with Crippen LogP contribution >= 0.6 is 0 Å². The highest BCUT2D eigenvalue weighted by atomic mass is 32.2. The molecule has 100 valence electrons. The molecule has 0 amide bonds. The van der Waals surface area contributed by atoms with Crippen molar-refractivity contribution in [3.63, 3.8) is 0 Å². The zero-order valence-corrected chi connectivity index (χ0v) is 10.7. The van der Waals surface area contributed by atoms with Gasteiger partial charge in [-0.2, -0.15) is 0 Å². The fourth-order valence-electron chi connectivity index (χ4n) is 1.65. The molecule has 0 aromatic rings. The van der Waals surface area contributed by atoms with E-state index < -0.39 is 21.2 Å². The van der Waals surface area contributed by atoms with Gasteiger partial charge in [-0.15, -0.1) is 0 Å². The number of carboxylic acids is 1. The van der Waals surface area contributed by atoms with Crippen LogP contribution in [0.4, 0.5) is 0 Å². The Morgan fingerprint density at radius 1 is 1.53 bits per heavy atom. The van der Waals surface area contributed by atoms with Gasteiger partial charge in [0.1, 0.15) is 0 Å².